The number of ether oxygens (including phenoxy) is 1. The molecule has 0 atom stereocenters. The van der Waals surface area contributed by atoms with Gasteiger partial charge in [-0.1, -0.05) is 6.92 Å². The molecule has 0 saturated heterocycles. The van der Waals surface area contributed by atoms with Gasteiger partial charge in [0.2, 0.25) is 0 Å². The lowest BCUT2D eigenvalue weighted by atomic mass is 10.1. The predicted octanol–water partition coefficient (Wildman–Crippen LogP) is 2.20. The summed E-state index contributed by atoms with van der Waals surface area (Å²) in [5.41, 5.74) is 6.88. The Bertz CT molecular complexity index is 389. The van der Waals surface area contributed by atoms with Gasteiger partial charge in [-0.15, -0.1) is 0 Å². The van der Waals surface area contributed by atoms with Crippen LogP contribution in [0.1, 0.15) is 37.6 Å². The zero-order chi connectivity index (χ0) is 12.8. The number of rotatable bonds is 5. The third-order valence-electron chi connectivity index (χ3n) is 2.15. The van der Waals surface area contributed by atoms with E-state index in [1.165, 1.54) is 0 Å². The molecule has 0 aliphatic heterocycles. The molecule has 1 rings (SSSR count). The molecule has 0 radical (unpaired) electrons. The van der Waals surface area contributed by atoms with Gasteiger partial charge in [0.25, 0.3) is 5.91 Å². The van der Waals surface area contributed by atoms with E-state index in [0.29, 0.717) is 23.6 Å². The quantitative estimate of drug-likeness (QED) is 0.770. The maximum atomic E-state index is 11.7. The van der Waals surface area contributed by atoms with Crippen molar-refractivity contribution in [2.24, 2.45) is 0 Å². The first-order chi connectivity index (χ1) is 8.04. The van der Waals surface area contributed by atoms with Crippen molar-refractivity contribution in [2.75, 3.05) is 12.3 Å². The van der Waals surface area contributed by atoms with Crippen molar-refractivity contribution in [1.82, 2.24) is 5.32 Å². The Morgan fingerprint density at radius 1 is 1.47 bits per heavy atom. The summed E-state index contributed by atoms with van der Waals surface area (Å²) in [4.78, 5) is 11.7. The summed E-state index contributed by atoms with van der Waals surface area (Å²) in [5.74, 6) is 0.515. The van der Waals surface area contributed by atoms with E-state index < -0.39 is 0 Å². The molecule has 0 bridgehead atoms. The van der Waals surface area contributed by atoms with E-state index in [4.69, 9.17) is 10.5 Å². The fraction of sp³-hybridized carbons (Fsp3) is 0.462. The van der Waals surface area contributed by atoms with Crippen LogP contribution in [0, 0.1) is 0 Å². The molecule has 3 N–H and O–H groups in total. The van der Waals surface area contributed by atoms with E-state index in [1.807, 2.05) is 20.8 Å². The molecule has 0 spiro atoms. The molecular formula is C13H20N2O2. The first-order valence-corrected chi connectivity index (χ1v) is 5.87. The monoisotopic (exact) mass is 236 g/mol. The van der Waals surface area contributed by atoms with Crippen LogP contribution < -0.4 is 15.8 Å². The van der Waals surface area contributed by atoms with Gasteiger partial charge in [-0.3, -0.25) is 4.79 Å². The highest BCUT2D eigenvalue weighted by atomic mass is 16.5. The summed E-state index contributed by atoms with van der Waals surface area (Å²) in [5, 5.41) is 2.81. The van der Waals surface area contributed by atoms with Gasteiger partial charge in [-0.2, -0.15) is 0 Å². The lowest BCUT2D eigenvalue weighted by Gasteiger charge is -2.11. The highest BCUT2D eigenvalue weighted by Gasteiger charge is 2.09. The molecule has 4 nitrogen and oxygen atoms in total. The van der Waals surface area contributed by atoms with Gasteiger partial charge in [-0.25, -0.2) is 0 Å². The Hall–Kier alpha value is -1.71. The summed E-state index contributed by atoms with van der Waals surface area (Å²) in [6.45, 7) is 6.49. The number of carbonyl (C=O) groups excluding carboxylic acids is 1. The van der Waals surface area contributed by atoms with E-state index in [9.17, 15) is 4.79 Å². The first-order valence-electron chi connectivity index (χ1n) is 5.87. The topological polar surface area (TPSA) is 64.3 Å². The highest BCUT2D eigenvalue weighted by molar-refractivity contribution is 5.95. The lowest BCUT2D eigenvalue weighted by Crippen LogP contribution is -2.30. The van der Waals surface area contributed by atoms with Crippen molar-refractivity contribution in [2.45, 2.75) is 33.2 Å². The Morgan fingerprint density at radius 3 is 2.71 bits per heavy atom. The maximum absolute atomic E-state index is 11.7. The van der Waals surface area contributed by atoms with Gasteiger partial charge in [0.15, 0.2) is 0 Å². The van der Waals surface area contributed by atoms with Crippen LogP contribution in [0.15, 0.2) is 18.2 Å². The van der Waals surface area contributed by atoms with E-state index >= 15 is 0 Å². The average molecular weight is 236 g/mol. The zero-order valence-corrected chi connectivity index (χ0v) is 10.6. The molecule has 0 unspecified atom stereocenters. The number of nitrogens with two attached hydrogens (primary N) is 1. The number of hydrogen-bond donors (Lipinski definition) is 2. The predicted molar refractivity (Wildman–Crippen MR) is 69.2 cm³/mol. The van der Waals surface area contributed by atoms with E-state index in [-0.39, 0.29) is 11.9 Å². The lowest BCUT2D eigenvalue weighted by molar-refractivity contribution is 0.0943. The van der Waals surface area contributed by atoms with Crippen molar-refractivity contribution in [3.63, 3.8) is 0 Å². The smallest absolute Gasteiger partial charge is 0.251 e. The fourth-order valence-electron chi connectivity index (χ4n) is 1.38. The minimum Gasteiger partial charge on any atom is -0.491 e. The molecular weight excluding hydrogens is 216 g/mol. The van der Waals surface area contributed by atoms with E-state index in [2.05, 4.69) is 5.32 Å². The summed E-state index contributed by atoms with van der Waals surface area (Å²) < 4.78 is 5.45. The molecule has 0 aromatic heterocycles. The fourth-order valence-corrected chi connectivity index (χ4v) is 1.38. The molecule has 4 heteroatoms. The molecule has 0 aliphatic carbocycles. The number of nitrogen functional groups attached to an aromatic ring is 1. The Kier molecular flexibility index (Phi) is 4.82. The average Bonchev–Trinajstić information content (AvgIpc) is 2.26. The third kappa shape index (κ3) is 3.98. The molecule has 0 aliphatic rings. The van der Waals surface area contributed by atoms with Crippen molar-refractivity contribution in [1.29, 1.82) is 0 Å². The second-order valence-electron chi connectivity index (χ2n) is 4.23. The molecule has 1 amide bonds. The third-order valence-corrected chi connectivity index (χ3v) is 2.15. The maximum Gasteiger partial charge on any atom is 0.251 e. The van der Waals surface area contributed by atoms with Gasteiger partial charge in [0, 0.05) is 11.6 Å². The van der Waals surface area contributed by atoms with Gasteiger partial charge < -0.3 is 15.8 Å². The van der Waals surface area contributed by atoms with Crippen LogP contribution in [-0.4, -0.2) is 18.6 Å². The molecule has 0 saturated carbocycles. The standard InChI is InChI=1S/C13H20N2O2/c1-4-7-17-12-6-5-10(8-11(12)14)13(16)15-9(2)3/h5-6,8-9H,4,7,14H2,1-3H3,(H,15,16). The van der Waals surface area contributed by atoms with Crippen LogP contribution in [-0.2, 0) is 0 Å². The van der Waals surface area contributed by atoms with E-state index in [0.717, 1.165) is 6.42 Å². The summed E-state index contributed by atoms with van der Waals surface area (Å²) in [6, 6.07) is 5.21. The van der Waals surface area contributed by atoms with Gasteiger partial charge in [0.05, 0.1) is 12.3 Å². The molecule has 1 aromatic carbocycles. The van der Waals surface area contributed by atoms with Crippen LogP contribution in [0.2, 0.25) is 0 Å². The number of anilines is 1. The van der Waals surface area contributed by atoms with Crippen LogP contribution in [0.4, 0.5) is 5.69 Å². The summed E-state index contributed by atoms with van der Waals surface area (Å²) >= 11 is 0. The summed E-state index contributed by atoms with van der Waals surface area (Å²) in [7, 11) is 0. The number of carbonyl (C=O) groups is 1. The molecule has 0 fully saturated rings. The number of benzene rings is 1. The largest absolute Gasteiger partial charge is 0.491 e. The second kappa shape index (κ2) is 6.13. The molecule has 94 valence electrons. The van der Waals surface area contributed by atoms with Gasteiger partial charge >= 0.3 is 0 Å². The highest BCUT2D eigenvalue weighted by Crippen LogP contribution is 2.22. The van der Waals surface area contributed by atoms with Crippen LogP contribution >= 0.6 is 0 Å². The Labute approximate surface area is 102 Å². The second-order valence-corrected chi connectivity index (χ2v) is 4.23. The zero-order valence-electron chi connectivity index (χ0n) is 10.6. The van der Waals surface area contributed by atoms with Crippen molar-refractivity contribution in [3.05, 3.63) is 23.8 Å². The minimum absolute atomic E-state index is 0.111. The normalized spacial score (nSPS) is 10.4. The SMILES string of the molecule is CCCOc1ccc(C(=O)NC(C)C)cc1N. The van der Waals surface area contributed by atoms with Crippen molar-refractivity contribution < 1.29 is 9.53 Å². The van der Waals surface area contributed by atoms with Crippen LogP contribution in [0.5, 0.6) is 5.75 Å². The summed E-state index contributed by atoms with van der Waals surface area (Å²) in [6.07, 6.45) is 0.926. The number of amides is 1. The Morgan fingerprint density at radius 2 is 2.18 bits per heavy atom. The van der Waals surface area contributed by atoms with E-state index in [1.54, 1.807) is 18.2 Å². The molecule has 0 heterocycles. The van der Waals surface area contributed by atoms with Crippen LogP contribution in [0.3, 0.4) is 0 Å². The van der Waals surface area contributed by atoms with Crippen molar-refractivity contribution in [3.8, 4) is 5.75 Å². The van der Waals surface area contributed by atoms with Gasteiger partial charge in [0.1, 0.15) is 5.75 Å². The van der Waals surface area contributed by atoms with Crippen molar-refractivity contribution >= 4 is 11.6 Å². The molecule has 1 aromatic rings. The Balaban J connectivity index is 2.77. The number of nitrogens with one attached hydrogen (secondary N) is 1. The number of hydrogen-bond acceptors (Lipinski definition) is 3. The molecule has 17 heavy (non-hydrogen) atoms. The van der Waals surface area contributed by atoms with Crippen LogP contribution in [0.25, 0.3) is 0 Å². The first kappa shape index (κ1) is 13.4. The minimum atomic E-state index is -0.117. The van der Waals surface area contributed by atoms with Gasteiger partial charge in [-0.05, 0) is 38.5 Å².